The molecule has 0 aliphatic heterocycles. The van der Waals surface area contributed by atoms with Crippen LogP contribution in [-0.2, 0) is 6.42 Å². The predicted octanol–water partition coefficient (Wildman–Crippen LogP) is 6.70. The summed E-state index contributed by atoms with van der Waals surface area (Å²) in [7, 11) is 0. The normalized spacial score (nSPS) is 14.2. The molecule has 1 aliphatic rings. The fourth-order valence-corrected chi connectivity index (χ4v) is 4.65. The van der Waals surface area contributed by atoms with Gasteiger partial charge in [-0.15, -0.1) is 0 Å². The molecule has 0 amide bonds. The van der Waals surface area contributed by atoms with Gasteiger partial charge in [0.2, 0.25) is 0 Å². The number of allylic oxidation sites excluding steroid dienone is 1. The molecule has 0 unspecified atom stereocenters. The lowest BCUT2D eigenvalue weighted by molar-refractivity contribution is 1.00. The summed E-state index contributed by atoms with van der Waals surface area (Å²) in [5, 5.41) is 11.2. The lowest BCUT2D eigenvalue weighted by atomic mass is 9.82. The molecule has 5 aromatic carbocycles. The highest BCUT2D eigenvalue weighted by Gasteiger charge is 2.19. The van der Waals surface area contributed by atoms with Crippen LogP contribution >= 0.6 is 0 Å². The Kier molecular flexibility index (Phi) is 2.28. The van der Waals surface area contributed by atoms with Crippen LogP contribution in [0.15, 0.2) is 66.7 Å². The number of fused-ring (bicyclic) bond motifs is 5. The minimum Gasteiger partial charge on any atom is -0.0836 e. The van der Waals surface area contributed by atoms with Gasteiger partial charge in [0.05, 0.1) is 0 Å². The van der Waals surface area contributed by atoms with Crippen LogP contribution in [0.5, 0.6) is 0 Å². The highest BCUT2D eigenvalue weighted by Crippen LogP contribution is 2.44. The number of benzene rings is 5. The molecule has 24 heavy (non-hydrogen) atoms. The molecule has 0 radical (unpaired) electrons. The maximum Gasteiger partial charge on any atom is -0.00171 e. The third-order valence-corrected chi connectivity index (χ3v) is 5.63. The zero-order valence-electron chi connectivity index (χ0n) is 13.3. The Morgan fingerprint density at radius 1 is 0.625 bits per heavy atom. The van der Waals surface area contributed by atoms with E-state index in [1.165, 1.54) is 54.2 Å². The number of hydrogen-bond donors (Lipinski definition) is 0. The second-order valence-electron chi connectivity index (χ2n) is 6.87. The minimum atomic E-state index is 1.14. The quantitative estimate of drug-likeness (QED) is 0.221. The molecule has 0 heteroatoms. The summed E-state index contributed by atoms with van der Waals surface area (Å²) in [6, 6.07) is 22.5. The maximum absolute atomic E-state index is 2.36. The lowest BCUT2D eigenvalue weighted by Gasteiger charge is -2.21. The Bertz CT molecular complexity index is 1290. The van der Waals surface area contributed by atoms with Gasteiger partial charge in [0.15, 0.2) is 0 Å². The van der Waals surface area contributed by atoms with Gasteiger partial charge >= 0.3 is 0 Å². The molecule has 0 fully saturated rings. The fourth-order valence-electron chi connectivity index (χ4n) is 4.65. The van der Waals surface area contributed by atoms with E-state index in [0.717, 1.165) is 12.8 Å². The average Bonchev–Trinajstić information content (AvgIpc) is 2.66. The van der Waals surface area contributed by atoms with Crippen molar-refractivity contribution >= 4 is 49.2 Å². The Labute approximate surface area is 140 Å². The summed E-state index contributed by atoms with van der Waals surface area (Å²) < 4.78 is 0. The van der Waals surface area contributed by atoms with Crippen LogP contribution in [0.25, 0.3) is 49.2 Å². The minimum absolute atomic E-state index is 1.14. The molecule has 0 heterocycles. The summed E-state index contributed by atoms with van der Waals surface area (Å²) in [6.07, 6.45) is 6.95. The van der Waals surface area contributed by atoms with E-state index in [1.807, 2.05) is 0 Å². The van der Waals surface area contributed by atoms with Gasteiger partial charge in [0.1, 0.15) is 0 Å². The van der Waals surface area contributed by atoms with Gasteiger partial charge < -0.3 is 0 Å². The maximum atomic E-state index is 2.36. The van der Waals surface area contributed by atoms with E-state index in [2.05, 4.69) is 72.8 Å². The van der Waals surface area contributed by atoms with Crippen molar-refractivity contribution in [3.63, 3.8) is 0 Å². The van der Waals surface area contributed by atoms with Crippen molar-refractivity contribution in [2.45, 2.75) is 12.8 Å². The van der Waals surface area contributed by atoms with E-state index < -0.39 is 0 Å². The Morgan fingerprint density at radius 3 is 2.46 bits per heavy atom. The smallest absolute Gasteiger partial charge is 0.00171 e. The van der Waals surface area contributed by atoms with Crippen molar-refractivity contribution in [2.24, 2.45) is 0 Å². The van der Waals surface area contributed by atoms with Crippen molar-refractivity contribution in [2.75, 3.05) is 0 Å². The zero-order valence-corrected chi connectivity index (χ0v) is 13.3. The molecule has 112 valence electrons. The van der Waals surface area contributed by atoms with Crippen LogP contribution in [0.2, 0.25) is 0 Å². The molecule has 0 atom stereocenters. The van der Waals surface area contributed by atoms with Gasteiger partial charge in [-0.2, -0.15) is 0 Å². The number of rotatable bonds is 0. The number of hydrogen-bond acceptors (Lipinski definition) is 0. The molecule has 0 aromatic heterocycles. The molecule has 1 aliphatic carbocycles. The van der Waals surface area contributed by atoms with E-state index in [-0.39, 0.29) is 0 Å². The van der Waals surface area contributed by atoms with Gasteiger partial charge in [0.25, 0.3) is 0 Å². The summed E-state index contributed by atoms with van der Waals surface area (Å²) in [4.78, 5) is 0. The molecule has 6 rings (SSSR count). The van der Waals surface area contributed by atoms with Crippen LogP contribution < -0.4 is 0 Å². The van der Waals surface area contributed by atoms with Crippen LogP contribution in [0.3, 0.4) is 0 Å². The van der Waals surface area contributed by atoms with Gasteiger partial charge in [-0.1, -0.05) is 66.7 Å². The van der Waals surface area contributed by atoms with Crippen molar-refractivity contribution in [3.05, 3.63) is 77.9 Å². The van der Waals surface area contributed by atoms with Gasteiger partial charge in [-0.3, -0.25) is 0 Å². The van der Waals surface area contributed by atoms with Crippen molar-refractivity contribution in [1.82, 2.24) is 0 Å². The molecule has 0 N–H and O–H groups in total. The van der Waals surface area contributed by atoms with Crippen molar-refractivity contribution in [3.8, 4) is 0 Å². The van der Waals surface area contributed by atoms with E-state index in [1.54, 1.807) is 0 Å². The Balaban J connectivity index is 2.07. The summed E-state index contributed by atoms with van der Waals surface area (Å²) in [5.74, 6) is 0. The molecular formula is C24H16. The van der Waals surface area contributed by atoms with E-state index in [0.29, 0.717) is 0 Å². The zero-order chi connectivity index (χ0) is 15.7. The topological polar surface area (TPSA) is 0 Å². The van der Waals surface area contributed by atoms with E-state index in [9.17, 15) is 0 Å². The Hall–Kier alpha value is -2.86. The van der Waals surface area contributed by atoms with Crippen LogP contribution in [-0.4, -0.2) is 0 Å². The van der Waals surface area contributed by atoms with Crippen molar-refractivity contribution < 1.29 is 0 Å². The second-order valence-corrected chi connectivity index (χ2v) is 6.87. The van der Waals surface area contributed by atoms with Crippen LogP contribution in [0.4, 0.5) is 0 Å². The third kappa shape index (κ3) is 1.44. The Morgan fingerprint density at radius 2 is 1.46 bits per heavy atom. The largest absolute Gasteiger partial charge is 0.0836 e. The summed E-state index contributed by atoms with van der Waals surface area (Å²) in [6.45, 7) is 0. The highest BCUT2D eigenvalue weighted by molar-refractivity contribution is 6.31. The first-order valence-electron chi connectivity index (χ1n) is 8.69. The van der Waals surface area contributed by atoms with Crippen LogP contribution in [0, 0.1) is 0 Å². The predicted molar refractivity (Wildman–Crippen MR) is 105 cm³/mol. The first-order valence-corrected chi connectivity index (χ1v) is 8.69. The van der Waals surface area contributed by atoms with Crippen molar-refractivity contribution in [1.29, 1.82) is 0 Å². The molecule has 5 aromatic rings. The molecular weight excluding hydrogens is 288 g/mol. The molecule has 0 bridgehead atoms. The lowest BCUT2D eigenvalue weighted by Crippen LogP contribution is -1.99. The van der Waals surface area contributed by atoms with Gasteiger partial charge in [-0.05, 0) is 73.1 Å². The first-order chi connectivity index (χ1) is 11.9. The number of aryl methyl sites for hydroxylation is 1. The van der Waals surface area contributed by atoms with Crippen LogP contribution in [0.1, 0.15) is 17.5 Å². The SMILES string of the molecule is C1=Cc2c(c3c4ccccc4cc4ccc5cccc2c5c43)CC1. The molecule has 0 saturated carbocycles. The average molecular weight is 304 g/mol. The second kappa shape index (κ2) is 4.36. The molecule has 0 spiro atoms. The highest BCUT2D eigenvalue weighted by atomic mass is 14.2. The fraction of sp³-hybridized carbons (Fsp3) is 0.0833. The van der Waals surface area contributed by atoms with E-state index in [4.69, 9.17) is 0 Å². The standard InChI is InChI=1S/C24H16/c1-2-8-18-16(6-1)14-17-13-12-15-7-5-11-20-19-9-3-4-10-21(19)24(18)23(17)22(15)20/h1-3,5-9,11-14H,4,10H2. The third-order valence-electron chi connectivity index (χ3n) is 5.63. The monoisotopic (exact) mass is 304 g/mol. The van der Waals surface area contributed by atoms with Gasteiger partial charge in [0, 0.05) is 0 Å². The summed E-state index contributed by atoms with van der Waals surface area (Å²) in [5.41, 5.74) is 2.97. The summed E-state index contributed by atoms with van der Waals surface area (Å²) >= 11 is 0. The molecule has 0 saturated heterocycles. The molecule has 0 nitrogen and oxygen atoms in total. The van der Waals surface area contributed by atoms with Gasteiger partial charge in [-0.25, -0.2) is 0 Å². The first kappa shape index (κ1) is 12.5. The van der Waals surface area contributed by atoms with E-state index >= 15 is 0 Å².